The molecule has 0 atom stereocenters. The number of fused-ring (bicyclic) bond motifs is 2. The number of hydrogen-bond acceptors (Lipinski definition) is 8. The van der Waals surface area contributed by atoms with Gasteiger partial charge in [0, 0.05) is 56.1 Å². The maximum Gasteiger partial charge on any atom is 0.266 e. The van der Waals surface area contributed by atoms with Crippen molar-refractivity contribution in [2.45, 2.75) is 19.9 Å². The molecule has 1 saturated heterocycles. The van der Waals surface area contributed by atoms with Gasteiger partial charge in [-0.1, -0.05) is 0 Å². The van der Waals surface area contributed by atoms with Crippen molar-refractivity contribution in [1.29, 1.82) is 0 Å². The zero-order chi connectivity index (χ0) is 28.2. The SMILES string of the molecule is Cc1cn(-c2ccc(=O)n(CCNc3ccnc4cc(OCCCN5CCOCC5)cnc34)n2)c2cc(F)ccc12. The Balaban J connectivity index is 1.10. The minimum atomic E-state index is -0.324. The van der Waals surface area contributed by atoms with Crippen molar-refractivity contribution in [2.24, 2.45) is 0 Å². The number of pyridine rings is 2. The molecule has 0 aliphatic carbocycles. The molecule has 1 fully saturated rings. The Morgan fingerprint density at radius 3 is 2.83 bits per heavy atom. The van der Waals surface area contributed by atoms with Crippen LogP contribution in [0.5, 0.6) is 5.75 Å². The number of nitrogens with one attached hydrogen (secondary N) is 1. The van der Waals surface area contributed by atoms with Crippen molar-refractivity contribution in [1.82, 2.24) is 29.2 Å². The number of ether oxygens (including phenoxy) is 2. The number of anilines is 1. The van der Waals surface area contributed by atoms with Crippen LogP contribution in [0.4, 0.5) is 10.1 Å². The molecule has 0 unspecified atom stereocenters. The second-order valence-corrected chi connectivity index (χ2v) is 10.1. The van der Waals surface area contributed by atoms with Gasteiger partial charge in [0.05, 0.1) is 49.3 Å². The van der Waals surface area contributed by atoms with Crippen LogP contribution in [0.3, 0.4) is 0 Å². The molecule has 0 spiro atoms. The van der Waals surface area contributed by atoms with Gasteiger partial charge in [-0.15, -0.1) is 0 Å². The summed E-state index contributed by atoms with van der Waals surface area (Å²) >= 11 is 0. The summed E-state index contributed by atoms with van der Waals surface area (Å²) in [5, 5.41) is 8.85. The third kappa shape index (κ3) is 6.06. The lowest BCUT2D eigenvalue weighted by atomic mass is 10.2. The molecule has 5 heterocycles. The van der Waals surface area contributed by atoms with Gasteiger partial charge in [0.25, 0.3) is 5.56 Å². The molecule has 0 amide bonds. The summed E-state index contributed by atoms with van der Waals surface area (Å²) < 4.78 is 28.5. The van der Waals surface area contributed by atoms with E-state index in [1.807, 2.05) is 25.3 Å². The largest absolute Gasteiger partial charge is 0.492 e. The van der Waals surface area contributed by atoms with Crippen molar-refractivity contribution in [3.63, 3.8) is 0 Å². The highest BCUT2D eigenvalue weighted by molar-refractivity contribution is 5.88. The summed E-state index contributed by atoms with van der Waals surface area (Å²) in [6.45, 7) is 7.86. The fourth-order valence-corrected chi connectivity index (χ4v) is 5.12. The van der Waals surface area contributed by atoms with Crippen LogP contribution in [-0.4, -0.2) is 75.2 Å². The average molecular weight is 558 g/mol. The van der Waals surface area contributed by atoms with Gasteiger partial charge < -0.3 is 14.8 Å². The van der Waals surface area contributed by atoms with E-state index in [4.69, 9.17) is 9.47 Å². The summed E-state index contributed by atoms with van der Waals surface area (Å²) in [4.78, 5) is 24.0. The van der Waals surface area contributed by atoms with E-state index in [0.717, 1.165) is 66.9 Å². The molecular weight excluding hydrogens is 525 g/mol. The number of nitrogens with zero attached hydrogens (tertiary/aromatic N) is 6. The third-order valence-electron chi connectivity index (χ3n) is 7.25. The van der Waals surface area contributed by atoms with E-state index >= 15 is 0 Å². The summed E-state index contributed by atoms with van der Waals surface area (Å²) in [5.41, 5.74) is 3.73. The number of morpholine rings is 1. The van der Waals surface area contributed by atoms with Crippen molar-refractivity contribution < 1.29 is 13.9 Å². The molecular formula is C30H32FN7O3. The number of halogens is 1. The lowest BCUT2D eigenvalue weighted by molar-refractivity contribution is 0.0358. The van der Waals surface area contributed by atoms with Gasteiger partial charge in [-0.3, -0.25) is 19.2 Å². The highest BCUT2D eigenvalue weighted by Crippen LogP contribution is 2.25. The van der Waals surface area contributed by atoms with Crippen LogP contribution in [0.2, 0.25) is 0 Å². The summed E-state index contributed by atoms with van der Waals surface area (Å²) in [6, 6.07) is 11.6. The van der Waals surface area contributed by atoms with Crippen molar-refractivity contribution in [2.75, 3.05) is 51.3 Å². The zero-order valence-corrected chi connectivity index (χ0v) is 22.9. The first kappa shape index (κ1) is 26.9. The van der Waals surface area contributed by atoms with Crippen LogP contribution in [-0.2, 0) is 11.3 Å². The van der Waals surface area contributed by atoms with Gasteiger partial charge in [0.1, 0.15) is 17.1 Å². The van der Waals surface area contributed by atoms with Crippen LogP contribution in [0.1, 0.15) is 12.0 Å². The molecule has 41 heavy (non-hydrogen) atoms. The van der Waals surface area contributed by atoms with Gasteiger partial charge in [0.2, 0.25) is 0 Å². The Kier molecular flexibility index (Phi) is 7.88. The van der Waals surface area contributed by atoms with E-state index in [1.165, 1.54) is 22.9 Å². The second-order valence-electron chi connectivity index (χ2n) is 10.1. The lowest BCUT2D eigenvalue weighted by Crippen LogP contribution is -2.37. The molecule has 0 saturated carbocycles. The number of rotatable bonds is 10. The third-order valence-corrected chi connectivity index (χ3v) is 7.25. The summed E-state index contributed by atoms with van der Waals surface area (Å²) in [6.07, 6.45) is 6.26. The minimum absolute atomic E-state index is 0.219. The van der Waals surface area contributed by atoms with Gasteiger partial charge in [0.15, 0.2) is 5.82 Å². The monoisotopic (exact) mass is 557 g/mol. The van der Waals surface area contributed by atoms with Crippen molar-refractivity contribution in [3.05, 3.63) is 82.8 Å². The van der Waals surface area contributed by atoms with Crippen LogP contribution in [0, 0.1) is 12.7 Å². The van der Waals surface area contributed by atoms with E-state index in [9.17, 15) is 9.18 Å². The molecule has 1 aliphatic heterocycles. The fraction of sp³-hybridized carbons (Fsp3) is 0.333. The maximum atomic E-state index is 14.0. The number of hydrogen-bond donors (Lipinski definition) is 1. The van der Waals surface area contributed by atoms with E-state index in [0.29, 0.717) is 36.8 Å². The molecule has 212 valence electrons. The molecule has 1 aliphatic rings. The Morgan fingerprint density at radius 2 is 1.95 bits per heavy atom. The van der Waals surface area contributed by atoms with E-state index in [2.05, 4.69) is 25.3 Å². The predicted octanol–water partition coefficient (Wildman–Crippen LogP) is 3.79. The molecule has 5 aromatic rings. The molecule has 1 N–H and O–H groups in total. The number of aryl methyl sites for hydroxylation is 1. The molecule has 11 heteroatoms. The first-order valence-electron chi connectivity index (χ1n) is 13.8. The van der Waals surface area contributed by atoms with E-state index in [1.54, 1.807) is 29.1 Å². The smallest absolute Gasteiger partial charge is 0.266 e. The van der Waals surface area contributed by atoms with Crippen LogP contribution >= 0.6 is 0 Å². The molecule has 6 rings (SSSR count). The molecule has 0 bridgehead atoms. The Labute approximate surface area is 236 Å². The van der Waals surface area contributed by atoms with Gasteiger partial charge in [-0.25, -0.2) is 14.1 Å². The van der Waals surface area contributed by atoms with Crippen LogP contribution < -0.4 is 15.6 Å². The first-order chi connectivity index (χ1) is 20.0. The van der Waals surface area contributed by atoms with Crippen LogP contribution in [0.25, 0.3) is 27.8 Å². The average Bonchev–Trinajstić information content (AvgIpc) is 3.32. The van der Waals surface area contributed by atoms with Crippen molar-refractivity contribution >= 4 is 27.6 Å². The Bertz CT molecular complexity index is 1730. The molecule has 4 aromatic heterocycles. The first-order valence-corrected chi connectivity index (χ1v) is 13.8. The molecule has 1 aromatic carbocycles. The standard InChI is InChI=1S/C30H32FN7O3/c1-21-20-37(27-17-22(31)3-4-24(21)27)28-5-6-29(39)38(35-28)11-9-33-25-7-8-32-26-18-23(19-34-30(25)26)41-14-2-10-36-12-15-40-16-13-36/h3-8,17-20H,2,9-16H2,1H3,(H,32,33). The molecule has 0 radical (unpaired) electrons. The van der Waals surface area contributed by atoms with Gasteiger partial charge in [-0.2, -0.15) is 5.10 Å². The van der Waals surface area contributed by atoms with Crippen molar-refractivity contribution in [3.8, 4) is 11.6 Å². The maximum absolute atomic E-state index is 14.0. The Morgan fingerprint density at radius 1 is 1.07 bits per heavy atom. The topological polar surface area (TPSA) is 99.3 Å². The number of aromatic nitrogens is 5. The quantitative estimate of drug-likeness (QED) is 0.259. The van der Waals surface area contributed by atoms with E-state index in [-0.39, 0.29) is 11.4 Å². The highest BCUT2D eigenvalue weighted by Gasteiger charge is 2.12. The Hall–Kier alpha value is -4.35. The van der Waals surface area contributed by atoms with Crippen LogP contribution in [0.15, 0.2) is 65.8 Å². The molecule has 10 nitrogen and oxygen atoms in total. The summed E-state index contributed by atoms with van der Waals surface area (Å²) in [5.74, 6) is 0.904. The fourth-order valence-electron chi connectivity index (χ4n) is 5.12. The summed E-state index contributed by atoms with van der Waals surface area (Å²) in [7, 11) is 0. The predicted molar refractivity (Wildman–Crippen MR) is 155 cm³/mol. The highest BCUT2D eigenvalue weighted by atomic mass is 19.1. The lowest BCUT2D eigenvalue weighted by Gasteiger charge is -2.26. The van der Waals surface area contributed by atoms with Gasteiger partial charge >= 0.3 is 0 Å². The second kappa shape index (κ2) is 12.0. The normalized spacial score (nSPS) is 14.1. The minimum Gasteiger partial charge on any atom is -0.492 e. The zero-order valence-electron chi connectivity index (χ0n) is 22.9. The number of benzene rings is 1. The van der Waals surface area contributed by atoms with E-state index < -0.39 is 0 Å². The van der Waals surface area contributed by atoms with Gasteiger partial charge in [-0.05, 0) is 49.2 Å².